The normalized spacial score (nSPS) is 10.9. The quantitative estimate of drug-likeness (QED) is 0.108. The summed E-state index contributed by atoms with van der Waals surface area (Å²) in [4.78, 5) is 46.4. The molecule has 210 valence electrons. The number of Topliss-reactive ketones (excluding diaryl/α,β-unsaturated/α-hetero) is 2. The van der Waals surface area contributed by atoms with Crippen LogP contribution in [0.3, 0.4) is 0 Å². The van der Waals surface area contributed by atoms with Crippen molar-refractivity contribution in [3.63, 3.8) is 0 Å². The number of carboxylic acid groups (broad SMARTS) is 2. The van der Waals surface area contributed by atoms with Gasteiger partial charge in [0.1, 0.15) is 0 Å². The molecule has 40 heavy (non-hydrogen) atoms. The molecule has 10 nitrogen and oxygen atoms in total. The number of methoxy groups -OCH3 is 2. The summed E-state index contributed by atoms with van der Waals surface area (Å²) >= 11 is -0.471. The molecule has 0 unspecified atom stereocenters. The van der Waals surface area contributed by atoms with Gasteiger partial charge in [-0.25, -0.2) is 0 Å². The van der Waals surface area contributed by atoms with Crippen LogP contribution in [0.4, 0.5) is 0 Å². The van der Waals surface area contributed by atoms with Crippen LogP contribution in [0, 0.1) is 0 Å². The molecule has 0 aliphatic carbocycles. The molecule has 2 heterocycles. The van der Waals surface area contributed by atoms with Gasteiger partial charge in [0.15, 0.2) is 0 Å². The number of benzene rings is 2. The number of ketones is 2. The van der Waals surface area contributed by atoms with Crippen molar-refractivity contribution in [2.45, 2.75) is 25.7 Å². The first kappa shape index (κ1) is 29.4. The summed E-state index contributed by atoms with van der Waals surface area (Å²) in [5.41, 5.74) is 0. The van der Waals surface area contributed by atoms with Crippen LogP contribution in [0.15, 0.2) is 36.4 Å². The van der Waals surface area contributed by atoms with Crippen LogP contribution in [-0.4, -0.2) is 90.2 Å². The second kappa shape index (κ2) is 13.2. The Morgan fingerprint density at radius 3 is 1.35 bits per heavy atom. The summed E-state index contributed by atoms with van der Waals surface area (Å²) < 4.78 is 26.0. The molecule has 0 atom stereocenters. The molecule has 2 N–H and O–H groups in total. The van der Waals surface area contributed by atoms with E-state index in [9.17, 15) is 19.2 Å². The van der Waals surface area contributed by atoms with E-state index < -0.39 is 11.9 Å². The Balaban J connectivity index is 1.42. The van der Waals surface area contributed by atoms with Gasteiger partial charge in [0.2, 0.25) is 0 Å². The van der Waals surface area contributed by atoms with Gasteiger partial charge in [-0.3, -0.25) is 0 Å². The van der Waals surface area contributed by atoms with Crippen LogP contribution in [0.25, 0.3) is 19.3 Å². The van der Waals surface area contributed by atoms with Crippen LogP contribution in [-0.2, 0) is 9.59 Å². The monoisotopic (exact) mass is 682 g/mol. The van der Waals surface area contributed by atoms with Crippen molar-refractivity contribution in [2.75, 3.05) is 27.4 Å². The Morgan fingerprint density at radius 2 is 1.00 bits per heavy atom. The van der Waals surface area contributed by atoms with Crippen molar-refractivity contribution in [3.05, 3.63) is 45.3 Å². The molecule has 4 rings (SSSR count). The molecular formula is C28H26O10Se2. The number of carbonyl (C=O) groups is 4. The van der Waals surface area contributed by atoms with E-state index in [1.807, 2.05) is 12.1 Å². The van der Waals surface area contributed by atoms with Crippen molar-refractivity contribution < 1.29 is 48.3 Å². The van der Waals surface area contributed by atoms with E-state index in [-0.39, 0.29) is 79.5 Å². The minimum absolute atomic E-state index is 0.0278. The Labute approximate surface area is 240 Å². The summed E-state index contributed by atoms with van der Waals surface area (Å²) in [7, 11) is 3.06. The number of ether oxygens (including phenoxy) is 4. The fraction of sp³-hybridized carbons (Fsp3) is 0.286. The number of carbonyl (C=O) groups excluding carboxylic acids is 2. The van der Waals surface area contributed by atoms with Gasteiger partial charge >= 0.3 is 242 Å². The number of hydrogen-bond donors (Lipinski definition) is 2. The topological polar surface area (TPSA) is 146 Å². The summed E-state index contributed by atoms with van der Waals surface area (Å²) in [6, 6.07) is 10.9. The molecule has 2 aromatic heterocycles. The number of rotatable bonds is 15. The van der Waals surface area contributed by atoms with E-state index in [0.29, 0.717) is 31.9 Å². The predicted octanol–water partition coefficient (Wildman–Crippen LogP) is 3.68. The summed E-state index contributed by atoms with van der Waals surface area (Å²) in [6.07, 6.45) is -0.447. The zero-order valence-corrected chi connectivity index (χ0v) is 25.1. The van der Waals surface area contributed by atoms with Crippen molar-refractivity contribution in [1.29, 1.82) is 0 Å². The van der Waals surface area contributed by atoms with Gasteiger partial charge in [-0.1, -0.05) is 0 Å². The summed E-state index contributed by atoms with van der Waals surface area (Å²) in [5, 5.41) is 19.4. The molecule has 0 fully saturated rings. The fourth-order valence-electron chi connectivity index (χ4n) is 3.90. The summed E-state index contributed by atoms with van der Waals surface area (Å²) in [5.74, 6) is -0.293. The number of fused-ring (bicyclic) bond motifs is 2. The number of carboxylic acids is 2. The Kier molecular flexibility index (Phi) is 9.71. The van der Waals surface area contributed by atoms with Gasteiger partial charge in [-0.05, 0) is 0 Å². The summed E-state index contributed by atoms with van der Waals surface area (Å²) in [6.45, 7) is 0.376. The molecule has 2 aromatic carbocycles. The standard InChI is InChI=1S/C28H26O10Se2/c1-35-19-13-23-15(11-25(39-23)17(29)3-5-27(31)32)9-21(19)37-7-8-38-22-10-16-12-26(18(30)4-6-28(33)34)40-24(16)14-20(22)36-2/h9-14H,3-8H2,1-2H3,(H,31,32)(H,33,34). The van der Waals surface area contributed by atoms with Crippen molar-refractivity contribution in [1.82, 2.24) is 0 Å². The molecule has 4 aromatic rings. The third-order valence-electron chi connectivity index (χ3n) is 5.89. The van der Waals surface area contributed by atoms with Gasteiger partial charge in [-0.2, -0.15) is 0 Å². The third-order valence-corrected chi connectivity index (χ3v) is 10.7. The molecule has 0 aliphatic heterocycles. The maximum absolute atomic E-state index is 12.4. The van der Waals surface area contributed by atoms with Crippen LogP contribution < -0.4 is 18.9 Å². The molecule has 0 saturated carbocycles. The second-order valence-electron chi connectivity index (χ2n) is 8.63. The Bertz CT molecular complexity index is 1460. The number of aliphatic carboxylic acids is 2. The Morgan fingerprint density at radius 1 is 0.600 bits per heavy atom. The average Bonchev–Trinajstić information content (AvgIpc) is 3.55. The van der Waals surface area contributed by atoms with E-state index in [2.05, 4.69) is 0 Å². The SMILES string of the molecule is COc1cc2[se]c(C(=O)CCC(=O)O)cc2cc1OCCOc1cc2cc(C(=O)CCC(=O)O)[se]c2cc1OC. The zero-order valence-electron chi connectivity index (χ0n) is 21.7. The number of hydrogen-bond acceptors (Lipinski definition) is 8. The van der Waals surface area contributed by atoms with Crippen LogP contribution >= 0.6 is 0 Å². The van der Waals surface area contributed by atoms with Crippen molar-refractivity contribution in [2.24, 2.45) is 0 Å². The first-order chi connectivity index (χ1) is 19.2. The van der Waals surface area contributed by atoms with E-state index in [1.165, 1.54) is 14.2 Å². The van der Waals surface area contributed by atoms with Gasteiger partial charge < -0.3 is 0 Å². The van der Waals surface area contributed by atoms with E-state index in [1.54, 1.807) is 24.3 Å². The molecule has 0 bridgehead atoms. The fourth-order valence-corrected chi connectivity index (χ4v) is 8.27. The molecule has 12 heteroatoms. The van der Waals surface area contributed by atoms with Crippen LogP contribution in [0.2, 0.25) is 0 Å². The van der Waals surface area contributed by atoms with Gasteiger partial charge in [0, 0.05) is 0 Å². The van der Waals surface area contributed by atoms with Crippen LogP contribution in [0.1, 0.15) is 44.1 Å². The van der Waals surface area contributed by atoms with Gasteiger partial charge in [0.25, 0.3) is 0 Å². The second-order valence-corrected chi connectivity index (χ2v) is 13.2. The molecule has 0 spiro atoms. The predicted molar refractivity (Wildman–Crippen MR) is 148 cm³/mol. The van der Waals surface area contributed by atoms with Crippen LogP contribution in [0.5, 0.6) is 23.0 Å². The zero-order chi connectivity index (χ0) is 28.8. The van der Waals surface area contributed by atoms with E-state index in [4.69, 9.17) is 29.2 Å². The van der Waals surface area contributed by atoms with E-state index >= 15 is 0 Å². The minimum atomic E-state index is -1.00. The van der Waals surface area contributed by atoms with Crippen molar-refractivity contribution >= 4 is 71.8 Å². The molecular weight excluding hydrogens is 654 g/mol. The average molecular weight is 680 g/mol. The molecule has 0 radical (unpaired) electrons. The molecule has 0 aliphatic rings. The third kappa shape index (κ3) is 7.14. The van der Waals surface area contributed by atoms with Gasteiger partial charge in [0.05, 0.1) is 0 Å². The van der Waals surface area contributed by atoms with Crippen molar-refractivity contribution in [3.8, 4) is 23.0 Å². The molecule has 0 saturated heterocycles. The first-order valence-corrected chi connectivity index (χ1v) is 15.6. The first-order valence-electron chi connectivity index (χ1n) is 12.2. The maximum atomic E-state index is 12.4. The Hall–Kier alpha value is -3.56. The van der Waals surface area contributed by atoms with Gasteiger partial charge in [-0.15, -0.1) is 0 Å². The molecule has 0 amide bonds. The van der Waals surface area contributed by atoms with E-state index in [0.717, 1.165) is 19.3 Å².